The van der Waals surface area contributed by atoms with Gasteiger partial charge in [0.25, 0.3) is 0 Å². The third kappa shape index (κ3) is 4.75. The Morgan fingerprint density at radius 2 is 1.89 bits per heavy atom. The Kier molecular flexibility index (Phi) is 6.08. The summed E-state index contributed by atoms with van der Waals surface area (Å²) < 4.78 is 6.80. The van der Waals surface area contributed by atoms with Crippen LogP contribution >= 0.6 is 39.3 Å². The molecule has 0 aliphatic carbocycles. The fraction of sp³-hybridized carbons (Fsp3) is 0.200. The largest absolute Gasteiger partial charge is 0.492 e. The Balaban J connectivity index is 1.83. The fourth-order valence-corrected chi connectivity index (χ4v) is 2.99. The Morgan fingerprint density at radius 3 is 2.63 bits per heavy atom. The third-order valence-electron chi connectivity index (χ3n) is 2.52. The van der Waals surface area contributed by atoms with Crippen molar-refractivity contribution in [2.24, 2.45) is 0 Å². The van der Waals surface area contributed by atoms with Crippen LogP contribution in [0, 0.1) is 0 Å². The molecule has 0 heterocycles. The Labute approximate surface area is 131 Å². The second-order valence-corrected chi connectivity index (χ2v) is 6.25. The van der Waals surface area contributed by atoms with E-state index in [0.29, 0.717) is 12.5 Å². The summed E-state index contributed by atoms with van der Waals surface area (Å²) in [6, 6.07) is 16.2. The SMILES string of the molecule is ClCc1cc(Br)ccc1OCCSc1ccccc1. The van der Waals surface area contributed by atoms with E-state index in [0.717, 1.165) is 21.5 Å². The van der Waals surface area contributed by atoms with Crippen molar-refractivity contribution in [3.63, 3.8) is 0 Å². The fourth-order valence-electron chi connectivity index (χ4n) is 1.62. The highest BCUT2D eigenvalue weighted by atomic mass is 79.9. The molecule has 1 nitrogen and oxygen atoms in total. The molecular weight excluding hydrogens is 344 g/mol. The minimum Gasteiger partial charge on any atom is -0.492 e. The second kappa shape index (κ2) is 7.83. The summed E-state index contributed by atoms with van der Waals surface area (Å²) in [6.45, 7) is 0.672. The van der Waals surface area contributed by atoms with Gasteiger partial charge in [-0.1, -0.05) is 34.1 Å². The van der Waals surface area contributed by atoms with Gasteiger partial charge in [0.1, 0.15) is 5.75 Å². The van der Waals surface area contributed by atoms with Crippen LogP contribution in [0.2, 0.25) is 0 Å². The number of hydrogen-bond donors (Lipinski definition) is 0. The van der Waals surface area contributed by atoms with Crippen molar-refractivity contribution in [2.45, 2.75) is 10.8 Å². The van der Waals surface area contributed by atoms with E-state index >= 15 is 0 Å². The summed E-state index contributed by atoms with van der Waals surface area (Å²) in [5.74, 6) is 2.24. The molecule has 100 valence electrons. The molecule has 19 heavy (non-hydrogen) atoms. The first kappa shape index (κ1) is 14.8. The average Bonchev–Trinajstić information content (AvgIpc) is 2.46. The van der Waals surface area contributed by atoms with Gasteiger partial charge in [-0.25, -0.2) is 0 Å². The van der Waals surface area contributed by atoms with Crippen LogP contribution in [0.5, 0.6) is 5.75 Å². The number of hydrogen-bond acceptors (Lipinski definition) is 2. The maximum atomic E-state index is 5.91. The van der Waals surface area contributed by atoms with E-state index in [1.54, 1.807) is 11.8 Å². The van der Waals surface area contributed by atoms with Crippen molar-refractivity contribution < 1.29 is 4.74 Å². The molecule has 0 saturated carbocycles. The summed E-state index contributed by atoms with van der Waals surface area (Å²) in [5, 5.41) is 0. The lowest BCUT2D eigenvalue weighted by atomic mass is 10.2. The van der Waals surface area contributed by atoms with Crippen molar-refractivity contribution in [2.75, 3.05) is 12.4 Å². The number of rotatable bonds is 6. The second-order valence-electron chi connectivity index (χ2n) is 3.90. The lowest BCUT2D eigenvalue weighted by Gasteiger charge is -2.10. The van der Waals surface area contributed by atoms with Gasteiger partial charge in [-0.2, -0.15) is 0 Å². The monoisotopic (exact) mass is 356 g/mol. The minimum absolute atomic E-state index is 0.459. The van der Waals surface area contributed by atoms with Gasteiger partial charge in [0, 0.05) is 20.7 Å². The third-order valence-corrected chi connectivity index (χ3v) is 4.28. The molecule has 2 aromatic rings. The van der Waals surface area contributed by atoms with Gasteiger partial charge in [-0.3, -0.25) is 0 Å². The first-order valence-corrected chi connectivity index (χ1v) is 8.26. The summed E-state index contributed by atoms with van der Waals surface area (Å²) in [7, 11) is 0. The Morgan fingerprint density at radius 1 is 1.11 bits per heavy atom. The summed E-state index contributed by atoms with van der Waals surface area (Å²) in [6.07, 6.45) is 0. The van der Waals surface area contributed by atoms with Gasteiger partial charge in [-0.05, 0) is 30.3 Å². The summed E-state index contributed by atoms with van der Waals surface area (Å²) in [5.41, 5.74) is 1.01. The predicted octanol–water partition coefficient (Wildman–Crippen LogP) is 5.36. The molecule has 0 aliphatic rings. The molecule has 0 saturated heterocycles. The van der Waals surface area contributed by atoms with Crippen LogP contribution in [0.25, 0.3) is 0 Å². The standard InChI is InChI=1S/C15H14BrClOS/c16-13-6-7-15(12(10-13)11-17)18-8-9-19-14-4-2-1-3-5-14/h1-7,10H,8-9,11H2. The summed E-state index contributed by atoms with van der Waals surface area (Å²) >= 11 is 11.1. The maximum absolute atomic E-state index is 5.91. The van der Waals surface area contributed by atoms with Crippen molar-refractivity contribution in [1.82, 2.24) is 0 Å². The van der Waals surface area contributed by atoms with Crippen LogP contribution in [0.15, 0.2) is 57.9 Å². The molecule has 0 aromatic heterocycles. The highest BCUT2D eigenvalue weighted by molar-refractivity contribution is 9.10. The molecule has 0 unspecified atom stereocenters. The first-order chi connectivity index (χ1) is 9.29. The van der Waals surface area contributed by atoms with Crippen LogP contribution in [0.4, 0.5) is 0 Å². The van der Waals surface area contributed by atoms with E-state index in [1.165, 1.54) is 4.90 Å². The van der Waals surface area contributed by atoms with Crippen molar-refractivity contribution >= 4 is 39.3 Å². The molecule has 2 aromatic carbocycles. The molecule has 0 bridgehead atoms. The molecule has 0 aliphatic heterocycles. The average molecular weight is 358 g/mol. The van der Waals surface area contributed by atoms with E-state index < -0.39 is 0 Å². The topological polar surface area (TPSA) is 9.23 Å². The Hall–Kier alpha value is -0.640. The predicted molar refractivity (Wildman–Crippen MR) is 86.4 cm³/mol. The molecule has 2 rings (SSSR count). The van der Waals surface area contributed by atoms with Crippen molar-refractivity contribution in [3.05, 3.63) is 58.6 Å². The van der Waals surface area contributed by atoms with Gasteiger partial charge in [0.2, 0.25) is 0 Å². The van der Waals surface area contributed by atoms with Gasteiger partial charge in [0.15, 0.2) is 0 Å². The molecule has 0 N–H and O–H groups in total. The zero-order chi connectivity index (χ0) is 13.5. The molecule has 0 amide bonds. The lowest BCUT2D eigenvalue weighted by molar-refractivity contribution is 0.341. The van der Waals surface area contributed by atoms with Gasteiger partial charge in [-0.15, -0.1) is 23.4 Å². The van der Waals surface area contributed by atoms with E-state index in [4.69, 9.17) is 16.3 Å². The molecule has 0 fully saturated rings. The van der Waals surface area contributed by atoms with Gasteiger partial charge < -0.3 is 4.74 Å². The minimum atomic E-state index is 0.459. The summed E-state index contributed by atoms with van der Waals surface area (Å²) in [4.78, 5) is 1.26. The van der Waals surface area contributed by atoms with Gasteiger partial charge >= 0.3 is 0 Å². The zero-order valence-electron chi connectivity index (χ0n) is 10.3. The van der Waals surface area contributed by atoms with E-state index in [-0.39, 0.29) is 0 Å². The molecular formula is C15H14BrClOS. The van der Waals surface area contributed by atoms with Gasteiger partial charge in [0.05, 0.1) is 12.5 Å². The smallest absolute Gasteiger partial charge is 0.123 e. The highest BCUT2D eigenvalue weighted by Crippen LogP contribution is 2.25. The van der Waals surface area contributed by atoms with Crippen LogP contribution in [0.3, 0.4) is 0 Å². The number of alkyl halides is 1. The maximum Gasteiger partial charge on any atom is 0.123 e. The zero-order valence-corrected chi connectivity index (χ0v) is 13.5. The van der Waals surface area contributed by atoms with Crippen LogP contribution < -0.4 is 4.74 Å². The molecule has 0 radical (unpaired) electrons. The van der Waals surface area contributed by atoms with Crippen LogP contribution in [0.1, 0.15) is 5.56 Å². The van der Waals surface area contributed by atoms with Crippen molar-refractivity contribution in [3.8, 4) is 5.75 Å². The van der Waals surface area contributed by atoms with Crippen LogP contribution in [-0.2, 0) is 5.88 Å². The lowest BCUT2D eigenvalue weighted by Crippen LogP contribution is -2.02. The molecule has 0 spiro atoms. The van der Waals surface area contributed by atoms with E-state index in [9.17, 15) is 0 Å². The highest BCUT2D eigenvalue weighted by Gasteiger charge is 2.03. The van der Waals surface area contributed by atoms with Crippen molar-refractivity contribution in [1.29, 1.82) is 0 Å². The molecule has 4 heteroatoms. The van der Waals surface area contributed by atoms with E-state index in [2.05, 4.69) is 28.1 Å². The number of ether oxygens (including phenoxy) is 1. The quantitative estimate of drug-likeness (QED) is 0.391. The van der Waals surface area contributed by atoms with E-state index in [1.807, 2.05) is 36.4 Å². The number of thioether (sulfide) groups is 1. The number of halogens is 2. The first-order valence-electron chi connectivity index (χ1n) is 5.94. The number of benzene rings is 2. The molecule has 0 atom stereocenters. The normalized spacial score (nSPS) is 10.4. The Bertz CT molecular complexity index is 519. The van der Waals surface area contributed by atoms with Crippen LogP contribution in [-0.4, -0.2) is 12.4 Å².